The number of hydrogen-bond donors (Lipinski definition) is 3. The van der Waals surface area contributed by atoms with Crippen molar-refractivity contribution in [2.75, 3.05) is 32.6 Å². The molecule has 4 aromatic rings. The summed E-state index contributed by atoms with van der Waals surface area (Å²) >= 11 is 1.64. The smallest absolute Gasteiger partial charge is 0.225 e. The van der Waals surface area contributed by atoms with E-state index in [1.165, 1.54) is 10.4 Å². The first kappa shape index (κ1) is 26.9. The predicted molar refractivity (Wildman–Crippen MR) is 154 cm³/mol. The number of rotatable bonds is 8. The van der Waals surface area contributed by atoms with Gasteiger partial charge < -0.3 is 20.3 Å². The van der Waals surface area contributed by atoms with Crippen LogP contribution < -0.4 is 15.4 Å². The summed E-state index contributed by atoms with van der Waals surface area (Å²) in [6.07, 6.45) is 6.12. The predicted octanol–water partition coefficient (Wildman–Crippen LogP) is 4.44. The Hall–Kier alpha value is -3.73. The first-order chi connectivity index (χ1) is 18.6. The molecule has 1 aromatic carbocycles. The van der Waals surface area contributed by atoms with Crippen molar-refractivity contribution in [3.63, 3.8) is 0 Å². The van der Waals surface area contributed by atoms with E-state index >= 15 is 0 Å². The fourth-order valence-electron chi connectivity index (χ4n) is 4.99. The highest BCUT2D eigenvalue weighted by Gasteiger charge is 2.30. The third-order valence-corrected chi connectivity index (χ3v) is 7.96. The molecule has 3 aromatic heterocycles. The van der Waals surface area contributed by atoms with Gasteiger partial charge in [-0.15, -0.1) is 11.3 Å². The summed E-state index contributed by atoms with van der Waals surface area (Å²) in [5.74, 6) is 1.52. The molecule has 3 N–H and O–H groups in total. The molecule has 3 heterocycles. The molecule has 10 nitrogen and oxygen atoms in total. The van der Waals surface area contributed by atoms with Crippen molar-refractivity contribution in [3.8, 4) is 5.75 Å². The van der Waals surface area contributed by atoms with Gasteiger partial charge in [0, 0.05) is 42.8 Å². The molecule has 0 aliphatic heterocycles. The van der Waals surface area contributed by atoms with E-state index in [0.29, 0.717) is 31.1 Å². The lowest BCUT2D eigenvalue weighted by atomic mass is 9.87. The first-order valence-electron chi connectivity index (χ1n) is 13.2. The van der Waals surface area contributed by atoms with Crippen molar-refractivity contribution in [1.82, 2.24) is 30.4 Å². The maximum Gasteiger partial charge on any atom is 0.225 e. The van der Waals surface area contributed by atoms with Crippen molar-refractivity contribution < 1.29 is 14.3 Å². The van der Waals surface area contributed by atoms with E-state index in [9.17, 15) is 9.59 Å². The zero-order valence-corrected chi connectivity index (χ0v) is 23.9. The summed E-state index contributed by atoms with van der Waals surface area (Å²) < 4.78 is 6.13. The van der Waals surface area contributed by atoms with E-state index in [4.69, 9.17) is 4.74 Å². The van der Waals surface area contributed by atoms with E-state index in [0.717, 1.165) is 46.1 Å². The zero-order valence-electron chi connectivity index (χ0n) is 23.1. The third-order valence-electron chi connectivity index (χ3n) is 6.80. The van der Waals surface area contributed by atoms with Gasteiger partial charge in [0.15, 0.2) is 0 Å². The van der Waals surface area contributed by atoms with E-state index in [1.54, 1.807) is 28.8 Å². The second kappa shape index (κ2) is 10.8. The third kappa shape index (κ3) is 5.98. The number of thiophene rings is 1. The van der Waals surface area contributed by atoms with Gasteiger partial charge in [0.05, 0.1) is 29.3 Å². The average molecular weight is 550 g/mol. The maximum atomic E-state index is 12.6. The van der Waals surface area contributed by atoms with Gasteiger partial charge in [0.2, 0.25) is 11.8 Å². The lowest BCUT2D eigenvalue weighted by Gasteiger charge is -2.24. The molecule has 0 spiro atoms. The first-order valence-corrected chi connectivity index (χ1v) is 14.0. The van der Waals surface area contributed by atoms with Crippen LogP contribution in [0.3, 0.4) is 0 Å². The van der Waals surface area contributed by atoms with E-state index in [1.807, 2.05) is 47.0 Å². The van der Waals surface area contributed by atoms with Gasteiger partial charge in [-0.3, -0.25) is 14.7 Å². The number of nitrogens with one attached hydrogen (secondary N) is 3. The van der Waals surface area contributed by atoms with Gasteiger partial charge in [-0.1, -0.05) is 20.8 Å². The molecule has 0 radical (unpaired) electrons. The molecule has 39 heavy (non-hydrogen) atoms. The van der Waals surface area contributed by atoms with E-state index < -0.39 is 0 Å². The molecular formula is C28H35N7O3S. The van der Waals surface area contributed by atoms with Crippen molar-refractivity contribution in [2.24, 2.45) is 11.3 Å². The Morgan fingerprint density at radius 2 is 2.05 bits per heavy atom. The van der Waals surface area contributed by atoms with Crippen LogP contribution in [0.2, 0.25) is 0 Å². The number of amides is 2. The molecule has 1 atom stereocenters. The lowest BCUT2D eigenvalue weighted by molar-refractivity contribution is -0.133. The van der Waals surface area contributed by atoms with E-state index in [2.05, 4.69) is 30.8 Å². The number of carbonyl (C=O) groups excluding carboxylic acids is 2. The number of aromatic amines is 1. The van der Waals surface area contributed by atoms with Crippen LogP contribution in [0.15, 0.2) is 24.7 Å². The topological polar surface area (TPSA) is 125 Å². The molecule has 1 aliphatic carbocycles. The molecule has 2 amide bonds. The largest absolute Gasteiger partial charge is 0.489 e. The second-order valence-electron chi connectivity index (χ2n) is 11.4. The number of benzene rings is 1. The summed E-state index contributed by atoms with van der Waals surface area (Å²) in [6.45, 7) is 6.83. The van der Waals surface area contributed by atoms with Crippen LogP contribution in [-0.2, 0) is 22.4 Å². The molecule has 0 bridgehead atoms. The minimum Gasteiger partial charge on any atom is -0.489 e. The normalized spacial score (nSPS) is 15.3. The lowest BCUT2D eigenvalue weighted by Crippen LogP contribution is -2.32. The summed E-state index contributed by atoms with van der Waals surface area (Å²) in [6, 6.07) is 3.88. The second-order valence-corrected chi connectivity index (χ2v) is 12.5. The fourth-order valence-corrected chi connectivity index (χ4v) is 6.26. The summed E-state index contributed by atoms with van der Waals surface area (Å²) in [4.78, 5) is 37.7. The fraction of sp³-hybridized carbons (Fsp3) is 0.464. The number of nitrogens with zero attached hydrogens (tertiary/aromatic N) is 4. The van der Waals surface area contributed by atoms with Gasteiger partial charge >= 0.3 is 0 Å². The number of H-pyrrole nitrogens is 1. The number of aryl methyl sites for hydroxylation is 1. The number of carbonyl (C=O) groups is 2. The number of aromatic nitrogens is 4. The minimum atomic E-state index is -0.0692. The number of ether oxygens (including phenoxy) is 1. The standard InChI is InChI=1S/C28H35N7O3S/c1-28(2,3)13-23(36)29-8-9-38-21-12-19-17(14-32-34-19)10-20(21)33-25-24-18-7-6-16(27(37)35(4)5)11-22(18)39-26(24)31-15-30-25/h10,12,14-16H,6-9,11,13H2,1-5H3,(H,29,36)(H,32,34)(H,30,31,33)/t16-/m0/s1. The van der Waals surface area contributed by atoms with Gasteiger partial charge in [-0.2, -0.15) is 5.10 Å². The Morgan fingerprint density at radius 1 is 1.23 bits per heavy atom. The Morgan fingerprint density at radius 3 is 2.82 bits per heavy atom. The number of hydrogen-bond acceptors (Lipinski definition) is 8. The molecule has 0 saturated carbocycles. The highest BCUT2D eigenvalue weighted by molar-refractivity contribution is 7.19. The molecule has 5 rings (SSSR count). The van der Waals surface area contributed by atoms with Crippen LogP contribution in [0.25, 0.3) is 21.1 Å². The van der Waals surface area contributed by atoms with Crippen molar-refractivity contribution in [2.45, 2.75) is 46.5 Å². The molecule has 0 fully saturated rings. The Balaban J connectivity index is 1.38. The van der Waals surface area contributed by atoms with Crippen molar-refractivity contribution in [3.05, 3.63) is 35.1 Å². The summed E-state index contributed by atoms with van der Waals surface area (Å²) in [7, 11) is 3.62. The van der Waals surface area contributed by atoms with Crippen LogP contribution in [-0.4, -0.2) is 64.1 Å². The van der Waals surface area contributed by atoms with Gasteiger partial charge in [-0.05, 0) is 36.3 Å². The Kier molecular flexibility index (Phi) is 7.44. The summed E-state index contributed by atoms with van der Waals surface area (Å²) in [5, 5.41) is 15.5. The van der Waals surface area contributed by atoms with Crippen LogP contribution in [0, 0.1) is 11.3 Å². The van der Waals surface area contributed by atoms with Crippen LogP contribution >= 0.6 is 11.3 Å². The van der Waals surface area contributed by atoms with Crippen LogP contribution in [0.1, 0.15) is 44.1 Å². The van der Waals surface area contributed by atoms with Crippen molar-refractivity contribution in [1.29, 1.82) is 0 Å². The molecule has 0 unspecified atom stereocenters. The Bertz CT molecular complexity index is 1520. The van der Waals surface area contributed by atoms with E-state index in [-0.39, 0.29) is 23.1 Å². The SMILES string of the molecule is CN(C)C(=O)[C@H]1CCc2c(sc3ncnc(Nc4cc5cn[nH]c5cc4OCCNC(=O)CC(C)(C)C)c23)C1. The average Bonchev–Trinajstić information content (AvgIpc) is 3.48. The zero-order chi connectivity index (χ0) is 27.7. The molecule has 0 saturated heterocycles. The molecular weight excluding hydrogens is 514 g/mol. The highest BCUT2D eigenvalue weighted by Crippen LogP contribution is 2.42. The quantitative estimate of drug-likeness (QED) is 0.278. The van der Waals surface area contributed by atoms with Crippen LogP contribution in [0.5, 0.6) is 5.75 Å². The van der Waals surface area contributed by atoms with Gasteiger partial charge in [0.25, 0.3) is 0 Å². The molecule has 11 heteroatoms. The highest BCUT2D eigenvalue weighted by atomic mass is 32.1. The monoisotopic (exact) mass is 549 g/mol. The molecule has 1 aliphatic rings. The van der Waals surface area contributed by atoms with Crippen LogP contribution in [0.4, 0.5) is 11.5 Å². The number of anilines is 2. The summed E-state index contributed by atoms with van der Waals surface area (Å²) in [5.41, 5.74) is 2.75. The Labute approximate surface area is 231 Å². The minimum absolute atomic E-state index is 0.00248. The maximum absolute atomic E-state index is 12.6. The van der Waals surface area contributed by atoms with Gasteiger partial charge in [0.1, 0.15) is 29.3 Å². The van der Waals surface area contributed by atoms with Crippen molar-refractivity contribution >= 4 is 55.8 Å². The molecule has 206 valence electrons. The number of fused-ring (bicyclic) bond motifs is 4. The van der Waals surface area contributed by atoms with Gasteiger partial charge in [-0.25, -0.2) is 9.97 Å².